The first-order chi connectivity index (χ1) is 14.2. The number of hydrogen-bond donors (Lipinski definition) is 1. The quantitative estimate of drug-likeness (QED) is 0.561. The molecule has 0 spiro atoms. The van der Waals surface area contributed by atoms with Crippen molar-refractivity contribution < 1.29 is 4.79 Å². The standard InChI is InChI=1S/C21H19ClN6O/c22-17-4-2-1-3-16(17)19-12-18(25-26-19)14-5-8-27(9-6-14)21(29)15-7-10-28-20(11-15)23-13-24-28/h1-4,7,10-14H,5-6,8-9H2,(H,25,26). The van der Waals surface area contributed by atoms with E-state index in [4.69, 9.17) is 11.6 Å². The predicted molar refractivity (Wildman–Crippen MR) is 110 cm³/mol. The number of rotatable bonds is 3. The van der Waals surface area contributed by atoms with Gasteiger partial charge in [-0.1, -0.05) is 29.8 Å². The van der Waals surface area contributed by atoms with E-state index in [0.717, 1.165) is 29.8 Å². The zero-order chi connectivity index (χ0) is 19.8. The second-order valence-electron chi connectivity index (χ2n) is 7.23. The minimum Gasteiger partial charge on any atom is -0.339 e. The number of pyridine rings is 1. The van der Waals surface area contributed by atoms with Crippen molar-refractivity contribution in [3.05, 3.63) is 71.3 Å². The van der Waals surface area contributed by atoms with Crippen LogP contribution < -0.4 is 0 Å². The third kappa shape index (κ3) is 3.38. The normalized spacial score (nSPS) is 15.1. The van der Waals surface area contributed by atoms with Crippen molar-refractivity contribution in [3.8, 4) is 11.3 Å². The van der Waals surface area contributed by atoms with Crippen molar-refractivity contribution in [1.29, 1.82) is 0 Å². The van der Waals surface area contributed by atoms with Crippen LogP contribution in [0.25, 0.3) is 16.9 Å². The molecule has 1 saturated heterocycles. The largest absolute Gasteiger partial charge is 0.339 e. The molecular weight excluding hydrogens is 388 g/mol. The number of halogens is 1. The van der Waals surface area contributed by atoms with Gasteiger partial charge in [-0.25, -0.2) is 9.50 Å². The van der Waals surface area contributed by atoms with Gasteiger partial charge in [-0.3, -0.25) is 9.89 Å². The highest BCUT2D eigenvalue weighted by Crippen LogP contribution is 2.32. The maximum atomic E-state index is 12.9. The summed E-state index contributed by atoms with van der Waals surface area (Å²) in [5.41, 5.74) is 4.19. The molecule has 1 amide bonds. The highest BCUT2D eigenvalue weighted by atomic mass is 35.5. The molecule has 0 bridgehead atoms. The summed E-state index contributed by atoms with van der Waals surface area (Å²) in [5, 5.41) is 12.4. The number of carbonyl (C=O) groups is 1. The second kappa shape index (κ2) is 7.33. The molecule has 7 nitrogen and oxygen atoms in total. The number of benzene rings is 1. The Labute approximate surface area is 172 Å². The van der Waals surface area contributed by atoms with E-state index in [0.29, 0.717) is 35.2 Å². The number of likely N-dealkylation sites (tertiary alicyclic amines) is 1. The van der Waals surface area contributed by atoms with Gasteiger partial charge in [0.15, 0.2) is 5.65 Å². The lowest BCUT2D eigenvalue weighted by Crippen LogP contribution is -2.38. The molecule has 1 N–H and O–H groups in total. The minimum atomic E-state index is 0.0373. The van der Waals surface area contributed by atoms with Crippen molar-refractivity contribution in [2.24, 2.45) is 0 Å². The van der Waals surface area contributed by atoms with Crippen LogP contribution in [0.4, 0.5) is 0 Å². The van der Waals surface area contributed by atoms with Crippen molar-refractivity contribution in [2.75, 3.05) is 13.1 Å². The molecule has 0 unspecified atom stereocenters. The number of piperidine rings is 1. The number of fused-ring (bicyclic) bond motifs is 1. The summed E-state index contributed by atoms with van der Waals surface area (Å²) in [6.45, 7) is 1.42. The molecule has 1 aliphatic heterocycles. The summed E-state index contributed by atoms with van der Waals surface area (Å²) in [4.78, 5) is 18.9. The van der Waals surface area contributed by atoms with E-state index < -0.39 is 0 Å². The van der Waals surface area contributed by atoms with E-state index in [-0.39, 0.29) is 5.91 Å². The van der Waals surface area contributed by atoms with E-state index in [2.05, 4.69) is 26.3 Å². The van der Waals surface area contributed by atoms with E-state index in [1.807, 2.05) is 29.2 Å². The Bertz CT molecular complexity index is 1170. The van der Waals surface area contributed by atoms with Crippen LogP contribution in [0.2, 0.25) is 5.02 Å². The molecule has 146 valence electrons. The molecule has 5 rings (SSSR count). The van der Waals surface area contributed by atoms with Crippen LogP contribution in [0.1, 0.15) is 34.8 Å². The summed E-state index contributed by atoms with van der Waals surface area (Å²) in [7, 11) is 0. The Morgan fingerprint density at radius 1 is 1.14 bits per heavy atom. The van der Waals surface area contributed by atoms with Crippen molar-refractivity contribution in [3.63, 3.8) is 0 Å². The Balaban J connectivity index is 1.27. The molecule has 29 heavy (non-hydrogen) atoms. The molecule has 1 aromatic carbocycles. The highest BCUT2D eigenvalue weighted by Gasteiger charge is 2.26. The van der Waals surface area contributed by atoms with Crippen LogP contribution in [-0.2, 0) is 0 Å². The number of hydrogen-bond acceptors (Lipinski definition) is 4. The summed E-state index contributed by atoms with van der Waals surface area (Å²) in [5.74, 6) is 0.386. The fourth-order valence-electron chi connectivity index (χ4n) is 3.88. The molecule has 0 saturated carbocycles. The fourth-order valence-corrected chi connectivity index (χ4v) is 4.11. The third-order valence-corrected chi connectivity index (χ3v) is 5.83. The van der Waals surface area contributed by atoms with Gasteiger partial charge in [-0.15, -0.1) is 0 Å². The number of nitrogens with one attached hydrogen (secondary N) is 1. The average molecular weight is 407 g/mol. The van der Waals surface area contributed by atoms with Crippen molar-refractivity contribution >= 4 is 23.2 Å². The average Bonchev–Trinajstić information content (AvgIpc) is 3.43. The Hall–Kier alpha value is -3.19. The fraction of sp³-hybridized carbons (Fsp3) is 0.238. The molecular formula is C21H19ClN6O. The Morgan fingerprint density at radius 2 is 1.97 bits per heavy atom. The van der Waals surface area contributed by atoms with Gasteiger partial charge in [-0.05, 0) is 37.1 Å². The monoisotopic (exact) mass is 406 g/mol. The van der Waals surface area contributed by atoms with E-state index in [9.17, 15) is 4.79 Å². The Morgan fingerprint density at radius 3 is 2.79 bits per heavy atom. The van der Waals surface area contributed by atoms with E-state index in [1.165, 1.54) is 6.33 Å². The van der Waals surface area contributed by atoms with Crippen LogP contribution in [0.15, 0.2) is 55.0 Å². The number of amides is 1. The number of aromatic amines is 1. The molecule has 8 heteroatoms. The first kappa shape index (κ1) is 17.9. The van der Waals surface area contributed by atoms with Gasteiger partial charge in [0.2, 0.25) is 0 Å². The van der Waals surface area contributed by atoms with Crippen molar-refractivity contribution in [2.45, 2.75) is 18.8 Å². The second-order valence-corrected chi connectivity index (χ2v) is 7.64. The number of nitrogens with zero attached hydrogens (tertiary/aromatic N) is 5. The summed E-state index contributed by atoms with van der Waals surface area (Å²) in [6, 6.07) is 13.3. The van der Waals surface area contributed by atoms with E-state index >= 15 is 0 Å². The molecule has 0 radical (unpaired) electrons. The van der Waals surface area contributed by atoms with E-state index in [1.54, 1.807) is 22.8 Å². The van der Waals surface area contributed by atoms with Crippen molar-refractivity contribution in [1.82, 2.24) is 29.7 Å². The van der Waals surface area contributed by atoms with Crippen LogP contribution in [-0.4, -0.2) is 48.7 Å². The molecule has 3 aromatic heterocycles. The molecule has 0 atom stereocenters. The summed E-state index contributed by atoms with van der Waals surface area (Å²) < 4.78 is 1.65. The topological polar surface area (TPSA) is 79.2 Å². The van der Waals surface area contributed by atoms with Gasteiger partial charge >= 0.3 is 0 Å². The maximum absolute atomic E-state index is 12.9. The molecule has 1 aliphatic rings. The predicted octanol–water partition coefficient (Wildman–Crippen LogP) is 3.79. The molecule has 1 fully saturated rings. The zero-order valence-electron chi connectivity index (χ0n) is 15.6. The smallest absolute Gasteiger partial charge is 0.254 e. The van der Waals surface area contributed by atoms with Gasteiger partial charge in [0.1, 0.15) is 6.33 Å². The van der Waals surface area contributed by atoms with Gasteiger partial charge < -0.3 is 4.90 Å². The lowest BCUT2D eigenvalue weighted by Gasteiger charge is -2.31. The molecule has 0 aliphatic carbocycles. The number of aromatic nitrogens is 5. The Kier molecular flexibility index (Phi) is 4.52. The highest BCUT2D eigenvalue weighted by molar-refractivity contribution is 6.33. The number of H-pyrrole nitrogens is 1. The zero-order valence-corrected chi connectivity index (χ0v) is 16.4. The maximum Gasteiger partial charge on any atom is 0.254 e. The lowest BCUT2D eigenvalue weighted by atomic mass is 9.93. The van der Waals surface area contributed by atoms with Crippen LogP contribution in [0.5, 0.6) is 0 Å². The lowest BCUT2D eigenvalue weighted by molar-refractivity contribution is 0.0712. The molecule has 4 aromatic rings. The number of carbonyl (C=O) groups excluding carboxylic acids is 1. The summed E-state index contributed by atoms with van der Waals surface area (Å²) in [6.07, 6.45) is 5.03. The minimum absolute atomic E-state index is 0.0373. The van der Waals surface area contributed by atoms with Crippen LogP contribution in [0.3, 0.4) is 0 Å². The third-order valence-electron chi connectivity index (χ3n) is 5.50. The summed E-state index contributed by atoms with van der Waals surface area (Å²) >= 11 is 6.29. The molecule has 4 heterocycles. The van der Waals surface area contributed by atoms with Gasteiger partial charge in [0.25, 0.3) is 5.91 Å². The first-order valence-corrected chi connectivity index (χ1v) is 9.96. The van der Waals surface area contributed by atoms with Gasteiger partial charge in [0, 0.05) is 42.0 Å². The van der Waals surface area contributed by atoms with Gasteiger partial charge in [0.05, 0.1) is 10.7 Å². The first-order valence-electron chi connectivity index (χ1n) is 9.58. The van der Waals surface area contributed by atoms with Crippen LogP contribution in [0, 0.1) is 0 Å². The van der Waals surface area contributed by atoms with Crippen LogP contribution >= 0.6 is 11.6 Å². The SMILES string of the molecule is O=C(c1ccn2ncnc2c1)N1CCC(c2cc(-c3ccccc3Cl)n[nH]2)CC1. The van der Waals surface area contributed by atoms with Gasteiger partial charge in [-0.2, -0.15) is 10.2 Å².